The number of carbonyl (C=O) groups is 1. The molecule has 3 rings (SSSR count). The number of aliphatic hydroxyl groups is 1. The lowest BCUT2D eigenvalue weighted by atomic mass is 9.66. The van der Waals surface area contributed by atoms with E-state index >= 15 is 0 Å². The van der Waals surface area contributed by atoms with Crippen LogP contribution in [0.25, 0.3) is 0 Å². The van der Waals surface area contributed by atoms with Crippen molar-refractivity contribution in [3.05, 3.63) is 51.4 Å². The molecule has 1 aromatic carbocycles. The van der Waals surface area contributed by atoms with Crippen molar-refractivity contribution in [2.75, 3.05) is 6.61 Å². The third-order valence-electron chi connectivity index (χ3n) is 4.90. The number of nitrogens with one attached hydrogen (secondary N) is 2. The molecule has 0 unspecified atom stereocenters. The van der Waals surface area contributed by atoms with Crippen molar-refractivity contribution in [3.8, 4) is 5.75 Å². The first-order chi connectivity index (χ1) is 12.7. The Morgan fingerprint density at radius 3 is 2.56 bits per heavy atom. The number of aromatic amines is 2. The molecule has 1 aliphatic carbocycles. The number of fused-ring (bicyclic) bond motifs is 1. The van der Waals surface area contributed by atoms with Gasteiger partial charge in [0.2, 0.25) is 0 Å². The summed E-state index contributed by atoms with van der Waals surface area (Å²) in [7, 11) is 0. The van der Waals surface area contributed by atoms with E-state index in [-0.39, 0.29) is 18.1 Å². The average molecular weight is 374 g/mol. The van der Waals surface area contributed by atoms with E-state index in [2.05, 4.69) is 10.2 Å². The van der Waals surface area contributed by atoms with Gasteiger partial charge in [-0.2, -0.15) is 0 Å². The molecule has 146 valence electrons. The van der Waals surface area contributed by atoms with Crippen molar-refractivity contribution in [1.29, 1.82) is 0 Å². The molecule has 0 bridgehead atoms. The van der Waals surface area contributed by atoms with Gasteiger partial charge in [0, 0.05) is 23.6 Å². The average Bonchev–Trinajstić information content (AvgIpc) is 2.93. The lowest BCUT2D eigenvalue weighted by Crippen LogP contribution is -2.50. The molecule has 7 heteroatoms. The minimum atomic E-state index is -1.37. The SMILES string of the molecule is CCOc1ccc([C@H]2c3c([nH][nH]c3=O)C[C@](C)(O)[C@@H]2C(=O)OC(C)C)cc1. The number of esters is 1. The Morgan fingerprint density at radius 1 is 1.30 bits per heavy atom. The Morgan fingerprint density at radius 2 is 1.96 bits per heavy atom. The smallest absolute Gasteiger partial charge is 0.313 e. The maximum Gasteiger partial charge on any atom is 0.313 e. The van der Waals surface area contributed by atoms with Crippen molar-refractivity contribution in [3.63, 3.8) is 0 Å². The van der Waals surface area contributed by atoms with Crippen LogP contribution in [0.1, 0.15) is 50.4 Å². The summed E-state index contributed by atoms with van der Waals surface area (Å²) in [5.41, 5.74) is 0.166. The summed E-state index contributed by atoms with van der Waals surface area (Å²) in [5.74, 6) is -1.34. The highest BCUT2D eigenvalue weighted by molar-refractivity contribution is 5.77. The lowest BCUT2D eigenvalue weighted by molar-refractivity contribution is -0.163. The summed E-state index contributed by atoms with van der Waals surface area (Å²) < 4.78 is 10.9. The van der Waals surface area contributed by atoms with Gasteiger partial charge in [-0.3, -0.25) is 14.7 Å². The Hall–Kier alpha value is -2.54. The molecular formula is C20H26N2O5. The molecule has 0 fully saturated rings. The Balaban J connectivity index is 2.12. The fourth-order valence-electron chi connectivity index (χ4n) is 3.86. The monoisotopic (exact) mass is 374 g/mol. The number of aromatic nitrogens is 2. The van der Waals surface area contributed by atoms with Gasteiger partial charge in [0.15, 0.2) is 0 Å². The second kappa shape index (κ2) is 7.23. The van der Waals surface area contributed by atoms with Crippen molar-refractivity contribution in [1.82, 2.24) is 10.2 Å². The number of benzene rings is 1. The molecule has 3 N–H and O–H groups in total. The molecular weight excluding hydrogens is 348 g/mol. The van der Waals surface area contributed by atoms with Crippen LogP contribution in [0, 0.1) is 5.92 Å². The second-order valence-corrected chi connectivity index (χ2v) is 7.45. The van der Waals surface area contributed by atoms with Crippen LogP contribution in [-0.2, 0) is 16.0 Å². The van der Waals surface area contributed by atoms with E-state index in [1.165, 1.54) is 0 Å². The number of hydrogen-bond acceptors (Lipinski definition) is 5. The van der Waals surface area contributed by atoms with E-state index in [9.17, 15) is 14.7 Å². The van der Waals surface area contributed by atoms with Crippen molar-refractivity contribution in [2.24, 2.45) is 5.92 Å². The Labute approximate surface area is 157 Å². The third-order valence-corrected chi connectivity index (χ3v) is 4.90. The predicted molar refractivity (Wildman–Crippen MR) is 99.9 cm³/mol. The highest BCUT2D eigenvalue weighted by Crippen LogP contribution is 2.44. The van der Waals surface area contributed by atoms with E-state index in [0.717, 1.165) is 5.56 Å². The van der Waals surface area contributed by atoms with Crippen molar-refractivity contribution in [2.45, 2.75) is 51.7 Å². The largest absolute Gasteiger partial charge is 0.494 e. The number of hydrogen-bond donors (Lipinski definition) is 3. The van der Waals surface area contributed by atoms with Crippen LogP contribution in [0.2, 0.25) is 0 Å². The van der Waals surface area contributed by atoms with E-state index < -0.39 is 23.4 Å². The first kappa shape index (κ1) is 19.2. The van der Waals surface area contributed by atoms with Crippen LogP contribution < -0.4 is 10.3 Å². The van der Waals surface area contributed by atoms with Crippen LogP contribution in [-0.4, -0.2) is 39.6 Å². The van der Waals surface area contributed by atoms with Gasteiger partial charge >= 0.3 is 5.97 Å². The molecule has 1 aliphatic rings. The fraction of sp³-hybridized carbons (Fsp3) is 0.500. The summed E-state index contributed by atoms with van der Waals surface area (Å²) in [6, 6.07) is 7.24. The van der Waals surface area contributed by atoms with E-state index in [4.69, 9.17) is 9.47 Å². The first-order valence-corrected chi connectivity index (χ1v) is 9.19. The molecule has 0 spiro atoms. The van der Waals surface area contributed by atoms with E-state index in [1.54, 1.807) is 32.9 Å². The topological polar surface area (TPSA) is 104 Å². The zero-order chi connectivity index (χ0) is 19.8. The number of carbonyl (C=O) groups excluding carboxylic acids is 1. The molecule has 1 aromatic heterocycles. The second-order valence-electron chi connectivity index (χ2n) is 7.45. The summed E-state index contributed by atoms with van der Waals surface area (Å²) >= 11 is 0. The van der Waals surface area contributed by atoms with E-state index in [0.29, 0.717) is 23.6 Å². The minimum absolute atomic E-state index is 0.159. The van der Waals surface area contributed by atoms with Crippen molar-refractivity contribution >= 4 is 5.97 Å². The molecule has 7 nitrogen and oxygen atoms in total. The van der Waals surface area contributed by atoms with Gasteiger partial charge in [-0.15, -0.1) is 0 Å². The summed E-state index contributed by atoms with van der Waals surface area (Å²) in [4.78, 5) is 25.4. The number of rotatable bonds is 5. The quantitative estimate of drug-likeness (QED) is 0.696. The molecule has 0 saturated heterocycles. The molecule has 0 aliphatic heterocycles. The van der Waals surface area contributed by atoms with E-state index in [1.807, 2.05) is 19.1 Å². The molecule has 0 saturated carbocycles. The standard InChI is InChI=1S/C20H26N2O5/c1-5-26-13-8-6-12(7-9-13)15-16-14(21-22-18(16)23)10-20(4,25)17(15)19(24)27-11(2)3/h6-9,11,15,17,25H,5,10H2,1-4H3,(H2,21,22,23)/t15-,17-,20-/m0/s1. The van der Waals surface area contributed by atoms with Crippen LogP contribution in [0.3, 0.4) is 0 Å². The van der Waals surface area contributed by atoms with Crippen LogP contribution in [0.15, 0.2) is 29.1 Å². The molecule has 0 amide bonds. The van der Waals surface area contributed by atoms with Gasteiger partial charge < -0.3 is 19.7 Å². The summed E-state index contributed by atoms with van der Waals surface area (Å²) in [6.45, 7) is 7.57. The van der Waals surface area contributed by atoms with Crippen LogP contribution >= 0.6 is 0 Å². The van der Waals surface area contributed by atoms with Crippen LogP contribution in [0.5, 0.6) is 5.75 Å². The maximum atomic E-state index is 12.9. The molecule has 27 heavy (non-hydrogen) atoms. The van der Waals surface area contributed by atoms with Crippen molar-refractivity contribution < 1.29 is 19.4 Å². The number of ether oxygens (including phenoxy) is 2. The van der Waals surface area contributed by atoms with Gasteiger partial charge in [0.05, 0.1) is 24.2 Å². The third kappa shape index (κ3) is 3.64. The minimum Gasteiger partial charge on any atom is -0.494 e. The van der Waals surface area contributed by atoms with Gasteiger partial charge in [-0.05, 0) is 45.4 Å². The van der Waals surface area contributed by atoms with Gasteiger partial charge in [-0.25, -0.2) is 0 Å². The normalized spacial score (nSPS) is 24.5. The van der Waals surface area contributed by atoms with Gasteiger partial charge in [0.25, 0.3) is 5.56 Å². The summed E-state index contributed by atoms with van der Waals surface area (Å²) in [5, 5.41) is 16.5. The molecule has 1 heterocycles. The first-order valence-electron chi connectivity index (χ1n) is 9.19. The fourth-order valence-corrected chi connectivity index (χ4v) is 3.86. The molecule has 2 aromatic rings. The van der Waals surface area contributed by atoms with Gasteiger partial charge in [0.1, 0.15) is 5.75 Å². The molecule has 3 atom stereocenters. The zero-order valence-electron chi connectivity index (χ0n) is 16.0. The Bertz CT molecular complexity index is 863. The molecule has 0 radical (unpaired) electrons. The predicted octanol–water partition coefficient (Wildman–Crippen LogP) is 2.11. The maximum absolute atomic E-state index is 12.9. The highest BCUT2D eigenvalue weighted by atomic mass is 16.5. The Kier molecular flexibility index (Phi) is 5.15. The number of H-pyrrole nitrogens is 2. The highest BCUT2D eigenvalue weighted by Gasteiger charge is 2.51. The lowest BCUT2D eigenvalue weighted by Gasteiger charge is -2.40. The zero-order valence-corrected chi connectivity index (χ0v) is 16.0. The van der Waals surface area contributed by atoms with Gasteiger partial charge in [-0.1, -0.05) is 12.1 Å². The van der Waals surface area contributed by atoms with Crippen LogP contribution in [0.4, 0.5) is 0 Å². The summed E-state index contributed by atoms with van der Waals surface area (Å²) in [6.07, 6.45) is -0.160.